The minimum absolute atomic E-state index is 0.0767. The van der Waals surface area contributed by atoms with Crippen LogP contribution in [0.5, 0.6) is 5.75 Å². The van der Waals surface area contributed by atoms with Crippen LogP contribution in [0.25, 0.3) is 0 Å². The van der Waals surface area contributed by atoms with E-state index in [1.165, 1.54) is 0 Å². The van der Waals surface area contributed by atoms with E-state index in [0.29, 0.717) is 18.1 Å². The number of ether oxygens (including phenoxy) is 1. The number of unbranched alkanes of at least 4 members (excludes halogenated alkanes) is 2. The molecule has 0 bridgehead atoms. The van der Waals surface area contributed by atoms with Crippen LogP contribution < -0.4 is 15.4 Å². The standard InChI is InChI=1S/C19H26N4O2/c1-4-5-8-13-20-19(24)16-11-12-18(23-22-16)21-15-9-6-7-10-17(15)25-14(2)3/h6-7,9-12,14H,4-5,8,13H2,1-3H3,(H,20,24)(H,21,23). The molecule has 0 radical (unpaired) electrons. The summed E-state index contributed by atoms with van der Waals surface area (Å²) in [4.78, 5) is 12.0. The lowest BCUT2D eigenvalue weighted by atomic mass is 10.2. The molecule has 0 aliphatic rings. The first-order chi connectivity index (χ1) is 12.1. The van der Waals surface area contributed by atoms with Crippen molar-refractivity contribution in [2.45, 2.75) is 46.1 Å². The molecular weight excluding hydrogens is 316 g/mol. The molecule has 0 aliphatic heterocycles. The van der Waals surface area contributed by atoms with Gasteiger partial charge in [-0.1, -0.05) is 31.9 Å². The molecule has 6 heteroatoms. The smallest absolute Gasteiger partial charge is 0.271 e. The Bertz CT molecular complexity index is 671. The lowest BCUT2D eigenvalue weighted by Crippen LogP contribution is -2.25. The number of carbonyl (C=O) groups is 1. The van der Waals surface area contributed by atoms with Gasteiger partial charge in [-0.15, -0.1) is 10.2 Å². The molecule has 1 heterocycles. The lowest BCUT2D eigenvalue weighted by Gasteiger charge is -2.14. The van der Waals surface area contributed by atoms with Crippen molar-refractivity contribution in [2.75, 3.05) is 11.9 Å². The van der Waals surface area contributed by atoms with Crippen molar-refractivity contribution in [3.63, 3.8) is 0 Å². The van der Waals surface area contributed by atoms with Gasteiger partial charge < -0.3 is 15.4 Å². The Hall–Kier alpha value is -2.63. The molecule has 0 atom stereocenters. The lowest BCUT2D eigenvalue weighted by molar-refractivity contribution is 0.0947. The molecule has 134 valence electrons. The van der Waals surface area contributed by atoms with Crippen molar-refractivity contribution in [2.24, 2.45) is 0 Å². The Morgan fingerprint density at radius 1 is 1.12 bits per heavy atom. The Balaban J connectivity index is 1.98. The number of hydrogen-bond acceptors (Lipinski definition) is 5. The van der Waals surface area contributed by atoms with Crippen molar-refractivity contribution in [1.82, 2.24) is 15.5 Å². The van der Waals surface area contributed by atoms with Gasteiger partial charge in [-0.25, -0.2) is 0 Å². The number of anilines is 2. The number of amides is 1. The van der Waals surface area contributed by atoms with Gasteiger partial charge in [-0.05, 0) is 44.5 Å². The van der Waals surface area contributed by atoms with Gasteiger partial charge >= 0.3 is 0 Å². The molecule has 0 fully saturated rings. The fraction of sp³-hybridized carbons (Fsp3) is 0.421. The summed E-state index contributed by atoms with van der Waals surface area (Å²) >= 11 is 0. The molecule has 6 nitrogen and oxygen atoms in total. The molecular formula is C19H26N4O2. The molecule has 0 unspecified atom stereocenters. The predicted octanol–water partition coefficient (Wildman–Crippen LogP) is 3.93. The quantitative estimate of drug-likeness (QED) is 0.675. The summed E-state index contributed by atoms with van der Waals surface area (Å²) in [5.74, 6) is 1.11. The van der Waals surface area contributed by atoms with E-state index < -0.39 is 0 Å². The largest absolute Gasteiger partial charge is 0.489 e. The highest BCUT2D eigenvalue weighted by Crippen LogP contribution is 2.27. The number of rotatable bonds is 9. The van der Waals surface area contributed by atoms with Crippen LogP contribution in [0.15, 0.2) is 36.4 Å². The second-order valence-corrected chi connectivity index (χ2v) is 6.05. The number of nitrogens with one attached hydrogen (secondary N) is 2. The number of aromatic nitrogens is 2. The summed E-state index contributed by atoms with van der Waals surface area (Å²) < 4.78 is 5.77. The second kappa shape index (κ2) is 9.61. The van der Waals surface area contributed by atoms with E-state index in [-0.39, 0.29) is 12.0 Å². The summed E-state index contributed by atoms with van der Waals surface area (Å²) in [6.45, 7) is 6.74. The third-order valence-electron chi connectivity index (χ3n) is 3.48. The van der Waals surface area contributed by atoms with Gasteiger partial charge in [0.25, 0.3) is 5.91 Å². The summed E-state index contributed by atoms with van der Waals surface area (Å²) in [7, 11) is 0. The average Bonchev–Trinajstić information content (AvgIpc) is 2.60. The number of benzene rings is 1. The van der Waals surface area contributed by atoms with E-state index in [2.05, 4.69) is 27.8 Å². The number of nitrogens with zero attached hydrogens (tertiary/aromatic N) is 2. The van der Waals surface area contributed by atoms with Crippen LogP contribution in [-0.2, 0) is 0 Å². The Morgan fingerprint density at radius 3 is 2.60 bits per heavy atom. The Kier molecular flexibility index (Phi) is 7.19. The highest BCUT2D eigenvalue weighted by atomic mass is 16.5. The molecule has 0 aliphatic carbocycles. The Morgan fingerprint density at radius 2 is 1.92 bits per heavy atom. The maximum Gasteiger partial charge on any atom is 0.271 e. The third kappa shape index (κ3) is 6.06. The van der Waals surface area contributed by atoms with Crippen LogP contribution >= 0.6 is 0 Å². The first-order valence-electron chi connectivity index (χ1n) is 8.74. The number of para-hydroxylation sites is 2. The third-order valence-corrected chi connectivity index (χ3v) is 3.48. The van der Waals surface area contributed by atoms with Crippen molar-refractivity contribution < 1.29 is 9.53 Å². The minimum atomic E-state index is -0.196. The van der Waals surface area contributed by atoms with Gasteiger partial charge in [0.15, 0.2) is 11.5 Å². The second-order valence-electron chi connectivity index (χ2n) is 6.05. The topological polar surface area (TPSA) is 76.1 Å². The molecule has 0 spiro atoms. The molecule has 25 heavy (non-hydrogen) atoms. The first-order valence-corrected chi connectivity index (χ1v) is 8.74. The molecule has 0 saturated heterocycles. The van der Waals surface area contributed by atoms with Gasteiger partial charge in [-0.3, -0.25) is 4.79 Å². The zero-order valence-corrected chi connectivity index (χ0v) is 15.1. The zero-order chi connectivity index (χ0) is 18.1. The maximum absolute atomic E-state index is 12.0. The molecule has 0 saturated carbocycles. The first kappa shape index (κ1) is 18.7. The van der Waals surface area contributed by atoms with Crippen molar-refractivity contribution in [1.29, 1.82) is 0 Å². The monoisotopic (exact) mass is 342 g/mol. The maximum atomic E-state index is 12.0. The normalized spacial score (nSPS) is 10.6. The van der Waals surface area contributed by atoms with Crippen LogP contribution in [0.3, 0.4) is 0 Å². The van der Waals surface area contributed by atoms with E-state index in [1.807, 2.05) is 38.1 Å². The fourth-order valence-corrected chi connectivity index (χ4v) is 2.25. The highest BCUT2D eigenvalue weighted by Gasteiger charge is 2.09. The van der Waals surface area contributed by atoms with E-state index in [9.17, 15) is 4.79 Å². The highest BCUT2D eigenvalue weighted by molar-refractivity contribution is 5.92. The predicted molar refractivity (Wildman–Crippen MR) is 99.4 cm³/mol. The molecule has 1 aromatic carbocycles. The van der Waals surface area contributed by atoms with Crippen molar-refractivity contribution >= 4 is 17.4 Å². The SMILES string of the molecule is CCCCCNC(=O)c1ccc(Nc2ccccc2OC(C)C)nn1. The van der Waals surface area contributed by atoms with E-state index in [4.69, 9.17) is 4.74 Å². The molecule has 2 aromatic rings. The van der Waals surface area contributed by atoms with Crippen LogP contribution in [0.2, 0.25) is 0 Å². The van der Waals surface area contributed by atoms with Gasteiger partial charge in [0.05, 0.1) is 11.8 Å². The number of carbonyl (C=O) groups excluding carboxylic acids is 1. The van der Waals surface area contributed by atoms with Gasteiger partial charge in [0.1, 0.15) is 5.75 Å². The van der Waals surface area contributed by atoms with Crippen LogP contribution in [0, 0.1) is 0 Å². The summed E-state index contributed by atoms with van der Waals surface area (Å²) in [5, 5.41) is 14.1. The minimum Gasteiger partial charge on any atom is -0.489 e. The molecule has 1 aromatic heterocycles. The van der Waals surface area contributed by atoms with Crippen molar-refractivity contribution in [3.8, 4) is 5.75 Å². The van der Waals surface area contributed by atoms with E-state index in [1.54, 1.807) is 12.1 Å². The summed E-state index contributed by atoms with van der Waals surface area (Å²) in [6.07, 6.45) is 3.28. The van der Waals surface area contributed by atoms with Gasteiger partial charge in [0, 0.05) is 6.54 Å². The van der Waals surface area contributed by atoms with Gasteiger partial charge in [-0.2, -0.15) is 0 Å². The zero-order valence-electron chi connectivity index (χ0n) is 15.1. The molecule has 1 amide bonds. The van der Waals surface area contributed by atoms with E-state index >= 15 is 0 Å². The van der Waals surface area contributed by atoms with Crippen LogP contribution in [-0.4, -0.2) is 28.8 Å². The fourth-order valence-electron chi connectivity index (χ4n) is 2.25. The van der Waals surface area contributed by atoms with E-state index in [0.717, 1.165) is 30.7 Å². The molecule has 2 N–H and O–H groups in total. The Labute approximate surface area is 149 Å². The summed E-state index contributed by atoms with van der Waals surface area (Å²) in [5.41, 5.74) is 1.12. The number of hydrogen-bond donors (Lipinski definition) is 2. The van der Waals surface area contributed by atoms with Gasteiger partial charge in [0.2, 0.25) is 0 Å². The average molecular weight is 342 g/mol. The van der Waals surface area contributed by atoms with Crippen LogP contribution in [0.4, 0.5) is 11.5 Å². The van der Waals surface area contributed by atoms with Crippen molar-refractivity contribution in [3.05, 3.63) is 42.1 Å². The molecule has 2 rings (SSSR count). The van der Waals surface area contributed by atoms with Crippen LogP contribution in [0.1, 0.15) is 50.5 Å². The summed E-state index contributed by atoms with van der Waals surface area (Å²) in [6, 6.07) is 11.0.